The third kappa shape index (κ3) is 3.83. The van der Waals surface area contributed by atoms with Gasteiger partial charge in [0.25, 0.3) is 5.91 Å². The van der Waals surface area contributed by atoms with Crippen LogP contribution in [0, 0.1) is 0 Å². The zero-order valence-electron chi connectivity index (χ0n) is 14.8. The van der Waals surface area contributed by atoms with Crippen LogP contribution in [0.25, 0.3) is 10.1 Å². The van der Waals surface area contributed by atoms with E-state index in [-0.39, 0.29) is 5.69 Å². The molecule has 28 heavy (non-hydrogen) atoms. The molecule has 8 heteroatoms. The van der Waals surface area contributed by atoms with Crippen molar-refractivity contribution < 1.29 is 22.7 Å². The molecule has 1 N–H and O–H groups in total. The highest BCUT2D eigenvalue weighted by molar-refractivity contribution is 7.20. The van der Waals surface area contributed by atoms with Crippen molar-refractivity contribution in [3.63, 3.8) is 0 Å². The average molecular weight is 406 g/mol. The van der Waals surface area contributed by atoms with Gasteiger partial charge in [-0.1, -0.05) is 18.2 Å². The average Bonchev–Trinajstić information content (AvgIpc) is 3.12. The van der Waals surface area contributed by atoms with Crippen molar-refractivity contribution in [2.24, 2.45) is 0 Å². The maximum absolute atomic E-state index is 13.6. The van der Waals surface area contributed by atoms with E-state index in [4.69, 9.17) is 4.74 Å². The quantitative estimate of drug-likeness (QED) is 0.665. The number of thiophene rings is 1. The maximum Gasteiger partial charge on any atom is 0.418 e. The van der Waals surface area contributed by atoms with Crippen molar-refractivity contribution in [1.29, 1.82) is 0 Å². The summed E-state index contributed by atoms with van der Waals surface area (Å²) in [5.41, 5.74) is -0.631. The van der Waals surface area contributed by atoms with Crippen LogP contribution in [-0.4, -0.2) is 32.2 Å². The third-order valence-electron chi connectivity index (χ3n) is 4.58. The molecule has 1 fully saturated rings. The lowest BCUT2D eigenvalue weighted by Crippen LogP contribution is -2.36. The van der Waals surface area contributed by atoms with Crippen molar-refractivity contribution in [2.45, 2.75) is 6.18 Å². The summed E-state index contributed by atoms with van der Waals surface area (Å²) in [5.74, 6) is -0.550. The maximum atomic E-state index is 13.6. The van der Waals surface area contributed by atoms with Crippen LogP contribution in [0.4, 0.5) is 24.5 Å². The Kier molecular flexibility index (Phi) is 4.99. The number of fused-ring (bicyclic) bond motifs is 1. The molecule has 1 amide bonds. The first-order valence-corrected chi connectivity index (χ1v) is 9.57. The second-order valence-corrected chi connectivity index (χ2v) is 7.51. The zero-order valence-corrected chi connectivity index (χ0v) is 15.6. The number of ether oxygens (including phenoxy) is 1. The second kappa shape index (κ2) is 7.44. The van der Waals surface area contributed by atoms with Crippen LogP contribution in [0.2, 0.25) is 0 Å². The minimum absolute atomic E-state index is 0.244. The zero-order chi connectivity index (χ0) is 19.7. The van der Waals surface area contributed by atoms with Crippen LogP contribution >= 0.6 is 11.3 Å². The lowest BCUT2D eigenvalue weighted by Gasteiger charge is -2.29. The van der Waals surface area contributed by atoms with Gasteiger partial charge in [0, 0.05) is 23.5 Å². The Hall–Kier alpha value is -2.58. The van der Waals surface area contributed by atoms with Crippen LogP contribution in [-0.2, 0) is 10.9 Å². The number of benzene rings is 2. The van der Waals surface area contributed by atoms with Crippen LogP contribution in [0.3, 0.4) is 0 Å². The number of alkyl halides is 3. The molecule has 0 atom stereocenters. The number of anilines is 2. The van der Waals surface area contributed by atoms with Crippen molar-refractivity contribution in [2.75, 3.05) is 36.5 Å². The summed E-state index contributed by atoms with van der Waals surface area (Å²) in [6, 6.07) is 13.1. The number of carbonyl (C=O) groups excluding carboxylic acids is 1. The first kappa shape index (κ1) is 18.8. The summed E-state index contributed by atoms with van der Waals surface area (Å²) in [7, 11) is 0. The van der Waals surface area contributed by atoms with Crippen molar-refractivity contribution >= 4 is 38.7 Å². The Morgan fingerprint density at radius 2 is 1.82 bits per heavy atom. The number of hydrogen-bond acceptors (Lipinski definition) is 4. The molecule has 1 aliphatic heterocycles. The van der Waals surface area contributed by atoms with Gasteiger partial charge in [0.1, 0.15) is 0 Å². The van der Waals surface area contributed by atoms with E-state index in [9.17, 15) is 18.0 Å². The molecule has 4 rings (SSSR count). The number of morpholine rings is 1. The molecular weight excluding hydrogens is 389 g/mol. The number of nitrogens with zero attached hydrogens (tertiary/aromatic N) is 1. The van der Waals surface area contributed by atoms with Gasteiger partial charge in [0.15, 0.2) is 0 Å². The van der Waals surface area contributed by atoms with Gasteiger partial charge < -0.3 is 15.0 Å². The van der Waals surface area contributed by atoms with E-state index in [1.54, 1.807) is 12.1 Å². The lowest BCUT2D eigenvalue weighted by atomic mass is 10.1. The Balaban J connectivity index is 1.63. The van der Waals surface area contributed by atoms with E-state index < -0.39 is 17.6 Å². The molecule has 1 aromatic heterocycles. The predicted octanol–water partition coefficient (Wildman–Crippen LogP) is 5.01. The highest BCUT2D eigenvalue weighted by Crippen LogP contribution is 2.38. The Morgan fingerprint density at radius 1 is 1.07 bits per heavy atom. The first-order chi connectivity index (χ1) is 13.4. The molecule has 0 unspecified atom stereocenters. The molecular formula is C20H17F3N2O2S. The number of hydrogen-bond donors (Lipinski definition) is 1. The van der Waals surface area contributed by atoms with Gasteiger partial charge in [-0.25, -0.2) is 0 Å². The SMILES string of the molecule is O=C(Nc1ccc(N2CCOCC2)cc1C(F)(F)F)c1cc2ccccc2s1. The topological polar surface area (TPSA) is 41.6 Å². The number of nitrogens with one attached hydrogen (secondary N) is 1. The van der Waals surface area contributed by atoms with Gasteiger partial charge in [-0.3, -0.25) is 4.79 Å². The van der Waals surface area contributed by atoms with Gasteiger partial charge in [-0.2, -0.15) is 13.2 Å². The fourth-order valence-corrected chi connectivity index (χ4v) is 4.13. The van der Waals surface area contributed by atoms with E-state index in [0.29, 0.717) is 36.9 Å². The van der Waals surface area contributed by atoms with Crippen LogP contribution in [0.1, 0.15) is 15.2 Å². The lowest BCUT2D eigenvalue weighted by molar-refractivity contribution is -0.136. The molecule has 0 spiro atoms. The summed E-state index contributed by atoms with van der Waals surface area (Å²) in [6.07, 6.45) is -4.58. The Morgan fingerprint density at radius 3 is 2.54 bits per heavy atom. The molecule has 0 radical (unpaired) electrons. The van der Waals surface area contributed by atoms with Crippen molar-refractivity contribution in [3.8, 4) is 0 Å². The van der Waals surface area contributed by atoms with E-state index in [2.05, 4.69) is 5.32 Å². The molecule has 1 aliphatic rings. The fourth-order valence-electron chi connectivity index (χ4n) is 3.17. The summed E-state index contributed by atoms with van der Waals surface area (Å²) < 4.78 is 47.0. The van der Waals surface area contributed by atoms with E-state index in [1.807, 2.05) is 29.2 Å². The summed E-state index contributed by atoms with van der Waals surface area (Å²) in [4.78, 5) is 14.8. The summed E-state index contributed by atoms with van der Waals surface area (Å²) in [5, 5.41) is 3.32. The number of halogens is 3. The smallest absolute Gasteiger partial charge is 0.378 e. The minimum atomic E-state index is -4.58. The molecule has 1 saturated heterocycles. The van der Waals surface area contributed by atoms with Crippen molar-refractivity contribution in [3.05, 3.63) is 59.0 Å². The highest BCUT2D eigenvalue weighted by Gasteiger charge is 2.35. The molecule has 0 bridgehead atoms. The Labute approximate surface area is 163 Å². The Bertz CT molecular complexity index is 977. The number of amides is 1. The van der Waals surface area contributed by atoms with Crippen molar-refractivity contribution in [1.82, 2.24) is 0 Å². The monoisotopic (exact) mass is 406 g/mol. The van der Waals surface area contributed by atoms with E-state index in [1.165, 1.54) is 17.4 Å². The normalized spacial score (nSPS) is 15.0. The van der Waals surface area contributed by atoms with Crippen LogP contribution < -0.4 is 10.2 Å². The molecule has 146 valence electrons. The standard InChI is InChI=1S/C20H17F3N2O2S/c21-20(22,23)15-12-14(25-7-9-27-10-8-25)5-6-16(15)24-19(26)18-11-13-3-1-2-4-17(13)28-18/h1-6,11-12H,7-10H2,(H,24,26). The molecule has 0 aliphatic carbocycles. The molecule has 2 heterocycles. The number of carbonyl (C=O) groups is 1. The highest BCUT2D eigenvalue weighted by atomic mass is 32.1. The van der Waals surface area contributed by atoms with Gasteiger partial charge in [0.2, 0.25) is 0 Å². The largest absolute Gasteiger partial charge is 0.418 e. The van der Waals surface area contributed by atoms with Gasteiger partial charge >= 0.3 is 6.18 Å². The number of rotatable bonds is 3. The van der Waals surface area contributed by atoms with Crippen LogP contribution in [0.15, 0.2) is 48.5 Å². The molecule has 4 nitrogen and oxygen atoms in total. The summed E-state index contributed by atoms with van der Waals surface area (Å²) >= 11 is 1.25. The van der Waals surface area contributed by atoms with Gasteiger partial charge in [-0.05, 0) is 35.7 Å². The second-order valence-electron chi connectivity index (χ2n) is 6.43. The summed E-state index contributed by atoms with van der Waals surface area (Å²) in [6.45, 7) is 2.02. The molecule has 2 aromatic carbocycles. The first-order valence-electron chi connectivity index (χ1n) is 8.76. The van der Waals surface area contributed by atoms with E-state index in [0.717, 1.165) is 16.2 Å². The fraction of sp³-hybridized carbons (Fsp3) is 0.250. The van der Waals surface area contributed by atoms with Gasteiger partial charge in [-0.15, -0.1) is 11.3 Å². The van der Waals surface area contributed by atoms with Crippen LogP contribution in [0.5, 0.6) is 0 Å². The third-order valence-corrected chi connectivity index (χ3v) is 5.70. The molecule has 3 aromatic rings. The van der Waals surface area contributed by atoms with E-state index >= 15 is 0 Å². The minimum Gasteiger partial charge on any atom is -0.378 e. The molecule has 0 saturated carbocycles. The predicted molar refractivity (Wildman–Crippen MR) is 104 cm³/mol. The van der Waals surface area contributed by atoms with Gasteiger partial charge in [0.05, 0.1) is 29.3 Å².